The number of ether oxygens (including phenoxy) is 1. The number of aliphatic hydroxyl groups excluding tert-OH is 1. The van der Waals surface area contributed by atoms with Gasteiger partial charge in [-0.25, -0.2) is 9.37 Å². The quantitative estimate of drug-likeness (QED) is 0.926. The van der Waals surface area contributed by atoms with Crippen molar-refractivity contribution in [3.8, 4) is 5.75 Å². The van der Waals surface area contributed by atoms with Crippen LogP contribution in [0.1, 0.15) is 22.4 Å². The lowest BCUT2D eigenvalue weighted by atomic mass is 10.0. The zero-order chi connectivity index (χ0) is 13.1. The zero-order valence-corrected chi connectivity index (χ0v) is 11.0. The molecule has 96 valence electrons. The Morgan fingerprint density at radius 3 is 2.89 bits per heavy atom. The van der Waals surface area contributed by atoms with E-state index in [1.807, 2.05) is 12.3 Å². The summed E-state index contributed by atoms with van der Waals surface area (Å²) in [7, 11) is 1.46. The molecule has 0 aliphatic rings. The first-order valence-electron chi connectivity index (χ1n) is 5.53. The molecule has 1 aromatic carbocycles. The lowest BCUT2D eigenvalue weighted by molar-refractivity contribution is 0.168. The maximum atomic E-state index is 13.7. The van der Waals surface area contributed by atoms with Gasteiger partial charge >= 0.3 is 0 Å². The zero-order valence-electron chi connectivity index (χ0n) is 10.2. The highest BCUT2D eigenvalue weighted by molar-refractivity contribution is 7.09. The average molecular weight is 267 g/mol. The van der Waals surface area contributed by atoms with Gasteiger partial charge in [-0.1, -0.05) is 6.07 Å². The lowest BCUT2D eigenvalue weighted by Gasteiger charge is -2.14. The van der Waals surface area contributed by atoms with E-state index in [4.69, 9.17) is 4.74 Å². The molecule has 1 aromatic heterocycles. The van der Waals surface area contributed by atoms with Crippen molar-refractivity contribution in [2.24, 2.45) is 0 Å². The van der Waals surface area contributed by atoms with Gasteiger partial charge in [-0.15, -0.1) is 11.3 Å². The first-order valence-corrected chi connectivity index (χ1v) is 6.41. The number of benzene rings is 1. The Kier molecular flexibility index (Phi) is 3.93. The molecule has 0 aliphatic heterocycles. The van der Waals surface area contributed by atoms with Crippen LogP contribution in [0.15, 0.2) is 23.6 Å². The van der Waals surface area contributed by atoms with E-state index < -0.39 is 11.9 Å². The van der Waals surface area contributed by atoms with Gasteiger partial charge in [0.1, 0.15) is 11.6 Å². The number of hydrogen-bond donors (Lipinski definition) is 1. The summed E-state index contributed by atoms with van der Waals surface area (Å²) in [4.78, 5) is 4.26. The normalized spacial score (nSPS) is 12.4. The third-order valence-corrected chi connectivity index (χ3v) is 3.59. The van der Waals surface area contributed by atoms with Crippen LogP contribution in [-0.2, 0) is 6.42 Å². The number of thiazole rings is 1. The molecular weight excluding hydrogens is 253 g/mol. The highest BCUT2D eigenvalue weighted by Gasteiger charge is 2.19. The molecule has 1 atom stereocenters. The number of aryl methyl sites for hydroxylation is 1. The molecule has 1 N–H and O–H groups in total. The predicted molar refractivity (Wildman–Crippen MR) is 68.5 cm³/mol. The van der Waals surface area contributed by atoms with Crippen LogP contribution in [0.3, 0.4) is 0 Å². The number of methoxy groups -OCH3 is 1. The van der Waals surface area contributed by atoms with Crippen molar-refractivity contribution in [2.75, 3.05) is 7.11 Å². The van der Waals surface area contributed by atoms with Crippen molar-refractivity contribution in [1.29, 1.82) is 0 Å². The topological polar surface area (TPSA) is 42.4 Å². The Balaban J connectivity index is 2.25. The summed E-state index contributed by atoms with van der Waals surface area (Å²) in [5, 5.41) is 12.8. The molecule has 0 fully saturated rings. The molecule has 0 bridgehead atoms. The molecule has 0 amide bonds. The van der Waals surface area contributed by atoms with Gasteiger partial charge in [-0.05, 0) is 19.1 Å². The summed E-state index contributed by atoms with van der Waals surface area (Å²) in [6.07, 6.45) is -0.665. The Hall–Kier alpha value is -1.46. The van der Waals surface area contributed by atoms with Crippen LogP contribution in [0.25, 0.3) is 0 Å². The van der Waals surface area contributed by atoms with Gasteiger partial charge in [0.25, 0.3) is 0 Å². The summed E-state index contributed by atoms with van der Waals surface area (Å²) in [5.74, 6) is -0.106. The molecule has 5 heteroatoms. The fourth-order valence-electron chi connectivity index (χ4n) is 1.78. The first-order chi connectivity index (χ1) is 8.61. The van der Waals surface area contributed by atoms with E-state index in [2.05, 4.69) is 4.98 Å². The van der Waals surface area contributed by atoms with Crippen LogP contribution in [0, 0.1) is 12.7 Å². The van der Waals surface area contributed by atoms with Crippen LogP contribution in [0.4, 0.5) is 4.39 Å². The van der Waals surface area contributed by atoms with Crippen LogP contribution >= 0.6 is 11.3 Å². The Morgan fingerprint density at radius 2 is 2.28 bits per heavy atom. The Morgan fingerprint density at radius 1 is 1.50 bits per heavy atom. The summed E-state index contributed by atoms with van der Waals surface area (Å²) < 4.78 is 18.8. The van der Waals surface area contributed by atoms with Gasteiger partial charge in [-0.2, -0.15) is 0 Å². The number of hydrogen-bond acceptors (Lipinski definition) is 4. The molecule has 2 aromatic rings. The highest BCUT2D eigenvalue weighted by Crippen LogP contribution is 2.30. The fourth-order valence-corrected chi connectivity index (χ4v) is 2.59. The van der Waals surface area contributed by atoms with Gasteiger partial charge in [0.2, 0.25) is 0 Å². The molecule has 1 unspecified atom stereocenters. The fraction of sp³-hybridized carbons (Fsp3) is 0.308. The third-order valence-electron chi connectivity index (χ3n) is 2.60. The monoisotopic (exact) mass is 267 g/mol. The van der Waals surface area contributed by atoms with Crippen molar-refractivity contribution in [3.05, 3.63) is 45.7 Å². The van der Waals surface area contributed by atoms with Gasteiger partial charge in [0, 0.05) is 17.5 Å². The predicted octanol–water partition coefficient (Wildman–Crippen LogP) is 2.88. The average Bonchev–Trinajstić information content (AvgIpc) is 2.74. The molecule has 0 aliphatic carbocycles. The van der Waals surface area contributed by atoms with Gasteiger partial charge in [-0.3, -0.25) is 0 Å². The second-order valence-electron chi connectivity index (χ2n) is 3.96. The number of nitrogens with zero attached hydrogens (tertiary/aromatic N) is 1. The van der Waals surface area contributed by atoms with E-state index in [-0.39, 0.29) is 12.0 Å². The smallest absolute Gasteiger partial charge is 0.132 e. The second-order valence-corrected chi connectivity index (χ2v) is 4.90. The first kappa shape index (κ1) is 13.0. The van der Waals surface area contributed by atoms with E-state index in [0.29, 0.717) is 5.75 Å². The SMILES string of the molecule is COc1cccc(F)c1C(O)Cc1nc(C)cs1. The summed E-state index contributed by atoms with van der Waals surface area (Å²) in [6.45, 7) is 1.88. The molecule has 2 rings (SSSR count). The number of rotatable bonds is 4. The molecule has 0 radical (unpaired) electrons. The minimum Gasteiger partial charge on any atom is -0.496 e. The van der Waals surface area contributed by atoms with E-state index in [9.17, 15) is 9.50 Å². The molecule has 18 heavy (non-hydrogen) atoms. The molecule has 0 saturated carbocycles. The largest absolute Gasteiger partial charge is 0.496 e. The summed E-state index contributed by atoms with van der Waals surface area (Å²) >= 11 is 1.46. The molecular formula is C13H14FNO2S. The van der Waals surface area contributed by atoms with Crippen LogP contribution in [0.2, 0.25) is 0 Å². The highest BCUT2D eigenvalue weighted by atomic mass is 32.1. The number of aliphatic hydroxyl groups is 1. The minimum atomic E-state index is -0.952. The number of aromatic nitrogens is 1. The van der Waals surface area contributed by atoms with Gasteiger partial charge in [0.15, 0.2) is 0 Å². The van der Waals surface area contributed by atoms with Crippen molar-refractivity contribution in [1.82, 2.24) is 4.98 Å². The van der Waals surface area contributed by atoms with Crippen molar-refractivity contribution in [3.63, 3.8) is 0 Å². The van der Waals surface area contributed by atoms with Crippen LogP contribution < -0.4 is 4.74 Å². The van der Waals surface area contributed by atoms with Crippen LogP contribution in [-0.4, -0.2) is 17.2 Å². The number of halogens is 1. The van der Waals surface area contributed by atoms with E-state index in [0.717, 1.165) is 10.7 Å². The van der Waals surface area contributed by atoms with E-state index in [1.165, 1.54) is 24.5 Å². The van der Waals surface area contributed by atoms with Crippen molar-refractivity contribution in [2.45, 2.75) is 19.4 Å². The van der Waals surface area contributed by atoms with Crippen LogP contribution in [0.5, 0.6) is 5.75 Å². The van der Waals surface area contributed by atoms with Crippen molar-refractivity contribution >= 4 is 11.3 Å². The molecule has 0 saturated heterocycles. The van der Waals surface area contributed by atoms with Gasteiger partial charge in [0.05, 0.1) is 23.8 Å². The Labute approximate surface area is 109 Å². The lowest BCUT2D eigenvalue weighted by Crippen LogP contribution is -2.06. The molecule has 0 spiro atoms. The maximum absolute atomic E-state index is 13.7. The second kappa shape index (κ2) is 5.46. The Bertz CT molecular complexity index is 542. The molecule has 1 heterocycles. The van der Waals surface area contributed by atoms with E-state index >= 15 is 0 Å². The maximum Gasteiger partial charge on any atom is 0.132 e. The summed E-state index contributed by atoms with van der Waals surface area (Å²) in [5.41, 5.74) is 1.09. The summed E-state index contributed by atoms with van der Waals surface area (Å²) in [6, 6.07) is 4.50. The van der Waals surface area contributed by atoms with Crippen molar-refractivity contribution < 1.29 is 14.2 Å². The molecule has 3 nitrogen and oxygen atoms in total. The minimum absolute atomic E-state index is 0.188. The standard InChI is InChI=1S/C13H14FNO2S/c1-8-7-18-12(15-8)6-10(16)13-9(14)4-3-5-11(13)17-2/h3-5,7,10,16H,6H2,1-2H3. The third kappa shape index (κ3) is 2.68. The van der Waals surface area contributed by atoms with E-state index in [1.54, 1.807) is 12.1 Å². The van der Waals surface area contributed by atoms with Gasteiger partial charge < -0.3 is 9.84 Å².